The summed E-state index contributed by atoms with van der Waals surface area (Å²) in [6.07, 6.45) is 3.92. The van der Waals surface area contributed by atoms with Crippen LogP contribution in [0.1, 0.15) is 18.4 Å². The highest BCUT2D eigenvalue weighted by molar-refractivity contribution is 9.10. The molecule has 0 unspecified atom stereocenters. The van der Waals surface area contributed by atoms with Crippen LogP contribution in [0.4, 0.5) is 4.39 Å². The van der Waals surface area contributed by atoms with Crippen LogP contribution in [-0.4, -0.2) is 34.0 Å². The fourth-order valence-corrected chi connectivity index (χ4v) is 4.09. The Bertz CT molecular complexity index is 502. The van der Waals surface area contributed by atoms with E-state index in [0.717, 1.165) is 36.0 Å². The first-order chi connectivity index (χ1) is 9.47. The number of nitrogens with two attached hydrogens (primary N) is 1. The van der Waals surface area contributed by atoms with E-state index < -0.39 is 0 Å². The standard InChI is InChI=1S/C14H18BrFN2S2/c1-20-14(13(17)19)4-6-18(7-5-14)9-10-2-3-11(15)8-12(10)16/h2-3,8H,4-7,9H2,1H3,(H2,17,19). The molecule has 1 heterocycles. The number of halogens is 2. The Kier molecular flexibility index (Phi) is 5.45. The Morgan fingerprint density at radius 2 is 2.15 bits per heavy atom. The zero-order valence-corrected chi connectivity index (χ0v) is 14.6. The summed E-state index contributed by atoms with van der Waals surface area (Å²) in [6, 6.07) is 5.23. The molecule has 1 aliphatic heterocycles. The molecule has 1 aromatic rings. The van der Waals surface area contributed by atoms with E-state index in [1.807, 2.05) is 12.1 Å². The number of hydrogen-bond acceptors (Lipinski definition) is 3. The van der Waals surface area contributed by atoms with Crippen molar-refractivity contribution in [2.24, 2.45) is 5.73 Å². The van der Waals surface area contributed by atoms with E-state index in [4.69, 9.17) is 18.0 Å². The van der Waals surface area contributed by atoms with Crippen LogP contribution in [0.3, 0.4) is 0 Å². The summed E-state index contributed by atoms with van der Waals surface area (Å²) < 4.78 is 14.5. The molecule has 0 amide bonds. The van der Waals surface area contributed by atoms with Gasteiger partial charge in [0.05, 0.1) is 9.74 Å². The molecule has 1 saturated heterocycles. The third-order valence-corrected chi connectivity index (χ3v) is 6.34. The number of benzene rings is 1. The first-order valence-electron chi connectivity index (χ1n) is 6.48. The molecule has 2 nitrogen and oxygen atoms in total. The van der Waals surface area contributed by atoms with E-state index in [9.17, 15) is 4.39 Å². The van der Waals surface area contributed by atoms with Crippen molar-refractivity contribution in [2.45, 2.75) is 24.1 Å². The molecule has 0 atom stereocenters. The summed E-state index contributed by atoms with van der Waals surface area (Å²) in [4.78, 5) is 2.86. The first kappa shape index (κ1) is 16.2. The average molecular weight is 377 g/mol. The van der Waals surface area contributed by atoms with Gasteiger partial charge in [0, 0.05) is 29.7 Å². The van der Waals surface area contributed by atoms with Crippen LogP contribution in [0.5, 0.6) is 0 Å². The molecule has 2 rings (SSSR count). The second-order valence-electron chi connectivity index (χ2n) is 5.07. The van der Waals surface area contributed by atoms with Gasteiger partial charge in [0.1, 0.15) is 5.82 Å². The Morgan fingerprint density at radius 1 is 1.50 bits per heavy atom. The number of thioether (sulfide) groups is 1. The predicted molar refractivity (Wildman–Crippen MR) is 91.6 cm³/mol. The van der Waals surface area contributed by atoms with E-state index in [-0.39, 0.29) is 10.6 Å². The lowest BCUT2D eigenvalue weighted by Gasteiger charge is -2.40. The second-order valence-corrected chi connectivity index (χ2v) is 7.62. The van der Waals surface area contributed by atoms with Crippen LogP contribution in [-0.2, 0) is 6.54 Å². The highest BCUT2D eigenvalue weighted by Gasteiger charge is 2.36. The lowest BCUT2D eigenvalue weighted by molar-refractivity contribution is 0.210. The van der Waals surface area contributed by atoms with Crippen molar-refractivity contribution in [2.75, 3.05) is 19.3 Å². The van der Waals surface area contributed by atoms with Gasteiger partial charge in [-0.05, 0) is 31.2 Å². The Labute approximate surface area is 137 Å². The van der Waals surface area contributed by atoms with Crippen LogP contribution in [0.15, 0.2) is 22.7 Å². The van der Waals surface area contributed by atoms with Crippen LogP contribution in [0.25, 0.3) is 0 Å². The summed E-state index contributed by atoms with van der Waals surface area (Å²) in [5, 5.41) is 0. The zero-order chi connectivity index (χ0) is 14.8. The molecule has 2 N–H and O–H groups in total. The van der Waals surface area contributed by atoms with Gasteiger partial charge >= 0.3 is 0 Å². The summed E-state index contributed by atoms with van der Waals surface area (Å²) in [7, 11) is 0. The summed E-state index contributed by atoms with van der Waals surface area (Å²) in [6.45, 7) is 2.43. The van der Waals surface area contributed by atoms with Gasteiger partial charge in [-0.25, -0.2) is 4.39 Å². The maximum absolute atomic E-state index is 13.9. The topological polar surface area (TPSA) is 29.3 Å². The number of hydrogen-bond donors (Lipinski definition) is 1. The summed E-state index contributed by atoms with van der Waals surface area (Å²) >= 11 is 10.2. The molecule has 0 aliphatic carbocycles. The quantitative estimate of drug-likeness (QED) is 0.813. The molecular weight excluding hydrogens is 359 g/mol. The van der Waals surface area contributed by atoms with Gasteiger partial charge in [-0.2, -0.15) is 11.8 Å². The van der Waals surface area contributed by atoms with Crippen molar-refractivity contribution >= 4 is 44.9 Å². The molecule has 20 heavy (non-hydrogen) atoms. The van der Waals surface area contributed by atoms with E-state index in [1.54, 1.807) is 11.8 Å². The minimum atomic E-state index is -0.157. The van der Waals surface area contributed by atoms with Crippen LogP contribution < -0.4 is 5.73 Å². The van der Waals surface area contributed by atoms with Crippen LogP contribution >= 0.6 is 39.9 Å². The van der Waals surface area contributed by atoms with E-state index in [2.05, 4.69) is 27.1 Å². The predicted octanol–water partition coefficient (Wildman–Crippen LogP) is 3.57. The van der Waals surface area contributed by atoms with Gasteiger partial charge < -0.3 is 5.73 Å². The van der Waals surface area contributed by atoms with Crippen molar-refractivity contribution in [3.05, 3.63) is 34.1 Å². The van der Waals surface area contributed by atoms with Crippen molar-refractivity contribution in [1.29, 1.82) is 0 Å². The van der Waals surface area contributed by atoms with Gasteiger partial charge in [-0.1, -0.05) is 34.2 Å². The highest BCUT2D eigenvalue weighted by Crippen LogP contribution is 2.35. The Morgan fingerprint density at radius 3 is 2.65 bits per heavy atom. The van der Waals surface area contributed by atoms with Crippen molar-refractivity contribution in [3.63, 3.8) is 0 Å². The molecule has 0 radical (unpaired) electrons. The number of piperidine rings is 1. The highest BCUT2D eigenvalue weighted by atomic mass is 79.9. The zero-order valence-electron chi connectivity index (χ0n) is 11.4. The molecule has 110 valence electrons. The Balaban J connectivity index is 1.99. The fraction of sp³-hybridized carbons (Fsp3) is 0.500. The van der Waals surface area contributed by atoms with Gasteiger partial charge in [0.15, 0.2) is 0 Å². The molecule has 0 bridgehead atoms. The number of thiocarbonyl (C=S) groups is 1. The SMILES string of the molecule is CSC1(C(N)=S)CCN(Cc2ccc(Br)cc2F)CC1. The lowest BCUT2D eigenvalue weighted by atomic mass is 9.95. The maximum Gasteiger partial charge on any atom is 0.128 e. The number of nitrogens with zero attached hydrogens (tertiary/aromatic N) is 1. The molecule has 6 heteroatoms. The number of likely N-dealkylation sites (tertiary alicyclic amines) is 1. The van der Waals surface area contributed by atoms with Crippen molar-refractivity contribution < 1.29 is 4.39 Å². The third-order valence-electron chi connectivity index (χ3n) is 3.91. The monoisotopic (exact) mass is 376 g/mol. The van der Waals surface area contributed by atoms with Gasteiger partial charge in [-0.15, -0.1) is 0 Å². The maximum atomic E-state index is 13.9. The van der Waals surface area contributed by atoms with Crippen molar-refractivity contribution in [1.82, 2.24) is 4.90 Å². The molecule has 0 saturated carbocycles. The van der Waals surface area contributed by atoms with Crippen molar-refractivity contribution in [3.8, 4) is 0 Å². The van der Waals surface area contributed by atoms with Gasteiger partial charge in [0.2, 0.25) is 0 Å². The van der Waals surface area contributed by atoms with E-state index in [1.165, 1.54) is 6.07 Å². The summed E-state index contributed by atoms with van der Waals surface area (Å²) in [5.74, 6) is -0.157. The van der Waals surface area contributed by atoms with Crippen LogP contribution in [0, 0.1) is 5.82 Å². The van der Waals surface area contributed by atoms with Crippen LogP contribution in [0.2, 0.25) is 0 Å². The molecule has 1 aliphatic rings. The Hall–Kier alpha value is -0.170. The first-order valence-corrected chi connectivity index (χ1v) is 8.91. The minimum absolute atomic E-state index is 0.0793. The normalized spacial score (nSPS) is 18.9. The van der Waals surface area contributed by atoms with Gasteiger partial charge in [-0.3, -0.25) is 4.90 Å². The minimum Gasteiger partial charge on any atom is -0.392 e. The summed E-state index contributed by atoms with van der Waals surface area (Å²) in [5.41, 5.74) is 6.61. The molecule has 1 fully saturated rings. The lowest BCUT2D eigenvalue weighted by Crippen LogP contribution is -2.49. The van der Waals surface area contributed by atoms with E-state index in [0.29, 0.717) is 11.5 Å². The molecule has 0 aromatic heterocycles. The smallest absolute Gasteiger partial charge is 0.128 e. The largest absolute Gasteiger partial charge is 0.392 e. The molecular formula is C14H18BrFN2S2. The second kappa shape index (κ2) is 6.73. The molecule has 1 aromatic carbocycles. The third kappa shape index (κ3) is 3.53. The number of rotatable bonds is 4. The average Bonchev–Trinajstić information content (AvgIpc) is 2.42. The van der Waals surface area contributed by atoms with E-state index >= 15 is 0 Å². The van der Waals surface area contributed by atoms with Gasteiger partial charge in [0.25, 0.3) is 0 Å². The molecule has 0 spiro atoms. The fourth-order valence-electron chi connectivity index (χ4n) is 2.51.